The average Bonchev–Trinajstić information content (AvgIpc) is 2.75. The fourth-order valence-electron chi connectivity index (χ4n) is 3.29. The summed E-state index contributed by atoms with van der Waals surface area (Å²) in [4.78, 5) is 16.2. The Morgan fingerprint density at radius 3 is 2.59 bits per heavy atom. The number of hydrogen-bond donors (Lipinski definition) is 2. The Bertz CT molecular complexity index is 699. The Morgan fingerprint density at radius 1 is 1.18 bits per heavy atom. The predicted molar refractivity (Wildman–Crippen MR) is 90.4 cm³/mol. The maximum atomic E-state index is 4.64. The predicted octanol–water partition coefficient (Wildman–Crippen LogP) is 2.05. The van der Waals surface area contributed by atoms with Gasteiger partial charge in [0.1, 0.15) is 5.82 Å². The van der Waals surface area contributed by atoms with Gasteiger partial charge in [-0.1, -0.05) is 6.92 Å². The van der Waals surface area contributed by atoms with Crippen LogP contribution in [-0.4, -0.2) is 53.1 Å². The SMILES string of the molecule is CNc1nc(NC2CN(C)CC2C)nc2nc(C)cc(C)c12. The molecule has 1 saturated heterocycles. The first-order valence-corrected chi connectivity index (χ1v) is 7.76. The molecule has 1 aliphatic heterocycles. The maximum Gasteiger partial charge on any atom is 0.227 e. The summed E-state index contributed by atoms with van der Waals surface area (Å²) in [5, 5.41) is 7.65. The van der Waals surface area contributed by atoms with Crippen LogP contribution < -0.4 is 10.6 Å². The zero-order valence-corrected chi connectivity index (χ0v) is 13.9. The first kappa shape index (κ1) is 15.0. The summed E-state index contributed by atoms with van der Waals surface area (Å²) in [6, 6.07) is 2.44. The summed E-state index contributed by atoms with van der Waals surface area (Å²) >= 11 is 0. The van der Waals surface area contributed by atoms with Crippen LogP contribution in [0.1, 0.15) is 18.2 Å². The lowest BCUT2D eigenvalue weighted by molar-refractivity contribution is 0.401. The number of aromatic nitrogens is 3. The van der Waals surface area contributed by atoms with Gasteiger partial charge in [0.05, 0.1) is 5.39 Å². The van der Waals surface area contributed by atoms with Crippen LogP contribution in [0.2, 0.25) is 0 Å². The average molecular weight is 300 g/mol. The highest BCUT2D eigenvalue weighted by Gasteiger charge is 2.28. The van der Waals surface area contributed by atoms with Crippen molar-refractivity contribution in [3.05, 3.63) is 17.3 Å². The van der Waals surface area contributed by atoms with Crippen molar-refractivity contribution in [1.29, 1.82) is 0 Å². The number of likely N-dealkylation sites (tertiary alicyclic amines) is 1. The standard InChI is InChI=1S/C16H24N6/c1-9-6-11(3)18-15-13(9)14(17-4)20-16(21-15)19-12-8-22(5)7-10(12)2/h6,10,12H,7-8H2,1-5H3,(H2,17,18,19,20,21). The van der Waals surface area contributed by atoms with E-state index in [1.54, 1.807) is 0 Å². The molecule has 1 fully saturated rings. The van der Waals surface area contributed by atoms with E-state index in [1.807, 2.05) is 14.0 Å². The summed E-state index contributed by atoms with van der Waals surface area (Å²) in [6.07, 6.45) is 0. The van der Waals surface area contributed by atoms with E-state index >= 15 is 0 Å². The van der Waals surface area contributed by atoms with Crippen LogP contribution in [0.15, 0.2) is 6.07 Å². The Morgan fingerprint density at radius 2 is 1.95 bits per heavy atom. The molecule has 0 spiro atoms. The van der Waals surface area contributed by atoms with Crippen LogP contribution in [0.25, 0.3) is 11.0 Å². The second-order valence-electron chi connectivity index (χ2n) is 6.37. The Labute approximate surface area is 131 Å². The number of anilines is 2. The van der Waals surface area contributed by atoms with Crippen molar-refractivity contribution in [2.45, 2.75) is 26.8 Å². The highest BCUT2D eigenvalue weighted by atomic mass is 15.2. The smallest absolute Gasteiger partial charge is 0.227 e. The molecular formula is C16H24N6. The normalized spacial score (nSPS) is 22.2. The summed E-state index contributed by atoms with van der Waals surface area (Å²) < 4.78 is 0. The molecule has 0 bridgehead atoms. The van der Waals surface area contributed by atoms with Crippen molar-refractivity contribution in [2.24, 2.45) is 5.92 Å². The van der Waals surface area contributed by atoms with Crippen LogP contribution in [0.4, 0.5) is 11.8 Å². The molecule has 2 aromatic heterocycles. The summed E-state index contributed by atoms with van der Waals surface area (Å²) in [6.45, 7) is 8.43. The van der Waals surface area contributed by atoms with Crippen molar-refractivity contribution in [1.82, 2.24) is 19.9 Å². The van der Waals surface area contributed by atoms with Crippen molar-refractivity contribution in [3.8, 4) is 0 Å². The van der Waals surface area contributed by atoms with Gasteiger partial charge in [-0.2, -0.15) is 9.97 Å². The molecule has 2 aromatic rings. The zero-order chi connectivity index (χ0) is 15.9. The third-order valence-corrected chi connectivity index (χ3v) is 4.34. The van der Waals surface area contributed by atoms with Crippen LogP contribution >= 0.6 is 0 Å². The minimum absolute atomic E-state index is 0.373. The maximum absolute atomic E-state index is 4.64. The van der Waals surface area contributed by atoms with Gasteiger partial charge in [-0.3, -0.25) is 0 Å². The highest BCUT2D eigenvalue weighted by Crippen LogP contribution is 2.26. The molecule has 3 heterocycles. The molecule has 1 aliphatic rings. The number of nitrogens with zero attached hydrogens (tertiary/aromatic N) is 4. The number of rotatable bonds is 3. The van der Waals surface area contributed by atoms with E-state index in [4.69, 9.17) is 0 Å². The van der Waals surface area contributed by atoms with E-state index in [0.29, 0.717) is 17.9 Å². The molecule has 0 radical (unpaired) electrons. The molecule has 2 unspecified atom stereocenters. The monoisotopic (exact) mass is 300 g/mol. The Balaban J connectivity index is 2.00. The van der Waals surface area contributed by atoms with Gasteiger partial charge in [0, 0.05) is 31.9 Å². The van der Waals surface area contributed by atoms with Gasteiger partial charge in [-0.15, -0.1) is 0 Å². The molecule has 0 saturated carbocycles. The molecule has 22 heavy (non-hydrogen) atoms. The molecule has 0 amide bonds. The Kier molecular flexibility index (Phi) is 3.87. The summed E-state index contributed by atoms with van der Waals surface area (Å²) in [5.74, 6) is 2.06. The lowest BCUT2D eigenvalue weighted by Gasteiger charge is -2.18. The van der Waals surface area contributed by atoms with Crippen LogP contribution in [-0.2, 0) is 0 Å². The fourth-order valence-corrected chi connectivity index (χ4v) is 3.29. The third kappa shape index (κ3) is 2.70. The lowest BCUT2D eigenvalue weighted by atomic mass is 10.1. The third-order valence-electron chi connectivity index (χ3n) is 4.34. The van der Waals surface area contributed by atoms with E-state index in [-0.39, 0.29) is 0 Å². The van der Waals surface area contributed by atoms with E-state index in [9.17, 15) is 0 Å². The second kappa shape index (κ2) is 5.68. The van der Waals surface area contributed by atoms with Gasteiger partial charge in [-0.25, -0.2) is 4.98 Å². The number of fused-ring (bicyclic) bond motifs is 1. The molecular weight excluding hydrogens is 276 g/mol. The van der Waals surface area contributed by atoms with Crippen molar-refractivity contribution < 1.29 is 0 Å². The lowest BCUT2D eigenvalue weighted by Crippen LogP contribution is -2.28. The number of nitrogens with one attached hydrogen (secondary N) is 2. The number of hydrogen-bond acceptors (Lipinski definition) is 6. The van der Waals surface area contributed by atoms with Gasteiger partial charge in [0.15, 0.2) is 5.65 Å². The number of likely N-dealkylation sites (N-methyl/N-ethyl adjacent to an activating group) is 1. The van der Waals surface area contributed by atoms with Crippen molar-refractivity contribution in [2.75, 3.05) is 37.8 Å². The first-order valence-electron chi connectivity index (χ1n) is 7.76. The van der Waals surface area contributed by atoms with Gasteiger partial charge < -0.3 is 15.5 Å². The molecule has 2 N–H and O–H groups in total. The van der Waals surface area contributed by atoms with Gasteiger partial charge in [-0.05, 0) is 38.4 Å². The molecule has 6 heteroatoms. The molecule has 0 aromatic carbocycles. The van der Waals surface area contributed by atoms with Crippen molar-refractivity contribution >= 4 is 22.8 Å². The fraction of sp³-hybridized carbons (Fsp3) is 0.562. The zero-order valence-electron chi connectivity index (χ0n) is 13.9. The van der Waals surface area contributed by atoms with E-state index in [0.717, 1.165) is 41.2 Å². The van der Waals surface area contributed by atoms with Crippen LogP contribution in [0, 0.1) is 19.8 Å². The van der Waals surface area contributed by atoms with Gasteiger partial charge >= 0.3 is 0 Å². The minimum Gasteiger partial charge on any atom is -0.372 e. The number of aryl methyl sites for hydroxylation is 2. The molecule has 3 rings (SSSR count). The number of pyridine rings is 1. The van der Waals surface area contributed by atoms with Crippen LogP contribution in [0.5, 0.6) is 0 Å². The molecule has 118 valence electrons. The van der Waals surface area contributed by atoms with E-state index < -0.39 is 0 Å². The first-order chi connectivity index (χ1) is 10.5. The van der Waals surface area contributed by atoms with Crippen molar-refractivity contribution in [3.63, 3.8) is 0 Å². The molecule has 0 aliphatic carbocycles. The molecule has 2 atom stereocenters. The topological polar surface area (TPSA) is 66.0 Å². The Hall–Kier alpha value is -1.95. The van der Waals surface area contributed by atoms with Crippen LogP contribution in [0.3, 0.4) is 0 Å². The summed E-state index contributed by atoms with van der Waals surface area (Å²) in [7, 11) is 4.03. The minimum atomic E-state index is 0.373. The summed E-state index contributed by atoms with van der Waals surface area (Å²) in [5.41, 5.74) is 2.87. The van der Waals surface area contributed by atoms with E-state index in [2.05, 4.69) is 57.4 Å². The molecule has 6 nitrogen and oxygen atoms in total. The largest absolute Gasteiger partial charge is 0.372 e. The highest BCUT2D eigenvalue weighted by molar-refractivity contribution is 5.90. The van der Waals surface area contributed by atoms with E-state index in [1.165, 1.54) is 0 Å². The van der Waals surface area contributed by atoms with Gasteiger partial charge in [0.25, 0.3) is 0 Å². The second-order valence-corrected chi connectivity index (χ2v) is 6.37. The van der Waals surface area contributed by atoms with Gasteiger partial charge in [0.2, 0.25) is 5.95 Å². The quantitative estimate of drug-likeness (QED) is 0.904.